The number of ketones is 1. The first kappa shape index (κ1) is 10.2. The molecular formula is C12H11ClO2. The minimum atomic E-state index is -0.0151. The third-order valence-electron chi connectivity index (χ3n) is 2.57. The van der Waals surface area contributed by atoms with Gasteiger partial charge >= 0.3 is 0 Å². The largest absolute Gasteiger partial charge is 0.512 e. The number of carbonyl (C=O) groups excluding carboxylic acids is 1. The van der Waals surface area contributed by atoms with E-state index in [1.165, 1.54) is 6.08 Å². The summed E-state index contributed by atoms with van der Waals surface area (Å²) in [6.45, 7) is 0. The molecule has 15 heavy (non-hydrogen) atoms. The number of aliphatic hydroxyl groups is 1. The Morgan fingerprint density at radius 3 is 2.47 bits per heavy atom. The molecule has 0 saturated heterocycles. The van der Waals surface area contributed by atoms with Crippen LogP contribution in [0.2, 0.25) is 5.02 Å². The first-order chi connectivity index (χ1) is 7.15. The van der Waals surface area contributed by atoms with Gasteiger partial charge in [0.05, 0.1) is 5.76 Å². The van der Waals surface area contributed by atoms with Gasteiger partial charge in [0.1, 0.15) is 0 Å². The first-order valence-corrected chi connectivity index (χ1v) is 5.21. The third-order valence-corrected chi connectivity index (χ3v) is 2.82. The van der Waals surface area contributed by atoms with Crippen LogP contribution >= 0.6 is 11.6 Å². The van der Waals surface area contributed by atoms with Crippen LogP contribution in [-0.2, 0) is 4.79 Å². The molecule has 0 aromatic heterocycles. The fourth-order valence-electron chi connectivity index (χ4n) is 1.84. The minimum Gasteiger partial charge on any atom is -0.512 e. The van der Waals surface area contributed by atoms with Gasteiger partial charge in [0, 0.05) is 23.9 Å². The molecular weight excluding hydrogens is 212 g/mol. The van der Waals surface area contributed by atoms with Crippen LogP contribution in [0.1, 0.15) is 24.3 Å². The maximum atomic E-state index is 11.3. The summed E-state index contributed by atoms with van der Waals surface area (Å²) in [4.78, 5) is 11.3. The molecule has 0 heterocycles. The molecule has 3 heteroatoms. The number of aliphatic hydroxyl groups excluding tert-OH is 1. The quantitative estimate of drug-likeness (QED) is 0.792. The summed E-state index contributed by atoms with van der Waals surface area (Å²) < 4.78 is 0. The van der Waals surface area contributed by atoms with Gasteiger partial charge in [0.15, 0.2) is 5.78 Å². The van der Waals surface area contributed by atoms with Crippen LogP contribution in [0, 0.1) is 0 Å². The lowest BCUT2D eigenvalue weighted by atomic mass is 9.86. The fraction of sp³-hybridized carbons (Fsp3) is 0.250. The summed E-state index contributed by atoms with van der Waals surface area (Å²) in [7, 11) is 0. The smallest absolute Gasteiger partial charge is 0.159 e. The van der Waals surface area contributed by atoms with Gasteiger partial charge in [-0.1, -0.05) is 23.7 Å². The number of rotatable bonds is 1. The number of hydrogen-bond donors (Lipinski definition) is 1. The molecule has 1 N–H and O–H groups in total. The summed E-state index contributed by atoms with van der Waals surface area (Å²) in [5, 5.41) is 10.1. The average molecular weight is 223 g/mol. The van der Waals surface area contributed by atoms with Crippen molar-refractivity contribution < 1.29 is 9.90 Å². The highest BCUT2D eigenvalue weighted by molar-refractivity contribution is 6.30. The third kappa shape index (κ3) is 2.39. The zero-order chi connectivity index (χ0) is 10.8. The molecule has 0 saturated carbocycles. The topological polar surface area (TPSA) is 37.3 Å². The minimum absolute atomic E-state index is 0.0151. The molecule has 78 valence electrons. The number of benzene rings is 1. The summed E-state index contributed by atoms with van der Waals surface area (Å²) in [6.07, 6.45) is 2.31. The Balaban J connectivity index is 2.22. The maximum Gasteiger partial charge on any atom is 0.159 e. The second-order valence-corrected chi connectivity index (χ2v) is 4.20. The molecule has 0 bridgehead atoms. The second kappa shape index (κ2) is 4.07. The van der Waals surface area contributed by atoms with Crippen LogP contribution in [-0.4, -0.2) is 10.9 Å². The van der Waals surface area contributed by atoms with Gasteiger partial charge < -0.3 is 5.11 Å². The molecule has 1 atom stereocenters. The number of halogens is 1. The molecule has 0 fully saturated rings. The van der Waals surface area contributed by atoms with E-state index in [0.29, 0.717) is 17.9 Å². The zero-order valence-corrected chi connectivity index (χ0v) is 8.87. The van der Waals surface area contributed by atoms with E-state index in [1.807, 2.05) is 12.1 Å². The standard InChI is InChI=1S/C12H11ClO2/c13-10-3-1-8(2-4-10)9-5-11(14)7-12(15)6-9/h1-4,7,9,14H,5-6H2/t9-/m0/s1. The molecule has 0 amide bonds. The predicted molar refractivity (Wildman–Crippen MR) is 59.1 cm³/mol. The summed E-state index contributed by atoms with van der Waals surface area (Å²) in [5.41, 5.74) is 1.05. The van der Waals surface area contributed by atoms with Crippen LogP contribution in [0.5, 0.6) is 0 Å². The van der Waals surface area contributed by atoms with Gasteiger partial charge in [0.25, 0.3) is 0 Å². The molecule has 2 rings (SSSR count). The van der Waals surface area contributed by atoms with Crippen LogP contribution in [0.4, 0.5) is 0 Å². The summed E-state index contributed by atoms with van der Waals surface area (Å²) in [5.74, 6) is 0.240. The number of hydrogen-bond acceptors (Lipinski definition) is 2. The Morgan fingerprint density at radius 1 is 1.20 bits per heavy atom. The molecule has 0 aliphatic heterocycles. The van der Waals surface area contributed by atoms with E-state index in [9.17, 15) is 9.90 Å². The molecule has 1 aromatic carbocycles. The summed E-state index contributed by atoms with van der Waals surface area (Å²) >= 11 is 5.78. The summed E-state index contributed by atoms with van der Waals surface area (Å²) in [6, 6.07) is 7.41. The van der Waals surface area contributed by atoms with Crippen molar-refractivity contribution in [2.45, 2.75) is 18.8 Å². The van der Waals surface area contributed by atoms with Gasteiger partial charge in [-0.2, -0.15) is 0 Å². The lowest BCUT2D eigenvalue weighted by molar-refractivity contribution is -0.115. The molecule has 0 spiro atoms. The first-order valence-electron chi connectivity index (χ1n) is 4.83. The molecule has 1 aromatic rings. The van der Waals surface area contributed by atoms with Crippen LogP contribution in [0.15, 0.2) is 36.1 Å². The number of carbonyl (C=O) groups is 1. The van der Waals surface area contributed by atoms with E-state index < -0.39 is 0 Å². The second-order valence-electron chi connectivity index (χ2n) is 3.76. The van der Waals surface area contributed by atoms with E-state index in [4.69, 9.17) is 11.6 Å². The highest BCUT2D eigenvalue weighted by atomic mass is 35.5. The Morgan fingerprint density at radius 2 is 1.87 bits per heavy atom. The van der Waals surface area contributed by atoms with E-state index in [1.54, 1.807) is 12.1 Å². The highest BCUT2D eigenvalue weighted by Gasteiger charge is 2.21. The zero-order valence-electron chi connectivity index (χ0n) is 8.11. The van der Waals surface area contributed by atoms with E-state index >= 15 is 0 Å². The van der Waals surface area contributed by atoms with Gasteiger partial charge in [-0.15, -0.1) is 0 Å². The van der Waals surface area contributed by atoms with Crippen molar-refractivity contribution in [3.8, 4) is 0 Å². The van der Waals surface area contributed by atoms with Gasteiger partial charge in [-0.25, -0.2) is 0 Å². The average Bonchev–Trinajstić information content (AvgIpc) is 2.17. The van der Waals surface area contributed by atoms with Crippen molar-refractivity contribution >= 4 is 17.4 Å². The Hall–Kier alpha value is -1.28. The van der Waals surface area contributed by atoms with Crippen molar-refractivity contribution in [3.63, 3.8) is 0 Å². The van der Waals surface area contributed by atoms with Crippen molar-refractivity contribution in [2.24, 2.45) is 0 Å². The monoisotopic (exact) mass is 222 g/mol. The lowest BCUT2D eigenvalue weighted by Gasteiger charge is -2.19. The molecule has 2 nitrogen and oxygen atoms in total. The SMILES string of the molecule is O=C1C=C(O)C[C@H](c2ccc(Cl)cc2)C1. The van der Waals surface area contributed by atoms with Crippen LogP contribution in [0.25, 0.3) is 0 Å². The Bertz CT molecular complexity index is 406. The van der Waals surface area contributed by atoms with Crippen molar-refractivity contribution in [1.29, 1.82) is 0 Å². The van der Waals surface area contributed by atoms with Crippen molar-refractivity contribution in [2.75, 3.05) is 0 Å². The maximum absolute atomic E-state index is 11.3. The van der Waals surface area contributed by atoms with Crippen molar-refractivity contribution in [1.82, 2.24) is 0 Å². The number of allylic oxidation sites excluding steroid dienone is 2. The van der Waals surface area contributed by atoms with Crippen LogP contribution in [0.3, 0.4) is 0 Å². The normalized spacial score (nSPS) is 21.3. The Labute approximate surface area is 93.2 Å². The molecule has 0 radical (unpaired) electrons. The van der Waals surface area contributed by atoms with Gasteiger partial charge in [-0.05, 0) is 23.6 Å². The van der Waals surface area contributed by atoms with Crippen LogP contribution < -0.4 is 0 Å². The Kier molecular flexibility index (Phi) is 2.78. The highest BCUT2D eigenvalue weighted by Crippen LogP contribution is 2.30. The van der Waals surface area contributed by atoms with E-state index in [-0.39, 0.29) is 17.5 Å². The molecule has 0 unspecified atom stereocenters. The molecule has 1 aliphatic rings. The van der Waals surface area contributed by atoms with Gasteiger partial charge in [-0.3, -0.25) is 4.79 Å². The van der Waals surface area contributed by atoms with E-state index in [0.717, 1.165) is 5.56 Å². The van der Waals surface area contributed by atoms with Crippen molar-refractivity contribution in [3.05, 3.63) is 46.7 Å². The predicted octanol–water partition coefficient (Wildman–Crippen LogP) is 3.23. The lowest BCUT2D eigenvalue weighted by Crippen LogP contribution is -2.12. The van der Waals surface area contributed by atoms with E-state index in [2.05, 4.69) is 0 Å². The molecule has 1 aliphatic carbocycles. The fourth-order valence-corrected chi connectivity index (χ4v) is 1.97. The van der Waals surface area contributed by atoms with Gasteiger partial charge in [0.2, 0.25) is 0 Å².